The van der Waals surface area contributed by atoms with Gasteiger partial charge in [0.05, 0.1) is 6.04 Å². The maximum Gasteiger partial charge on any atom is 0.224 e. The number of likely N-dealkylation sites (tertiary alicyclic amines) is 1. The number of nitrogens with zero attached hydrogens (tertiary/aromatic N) is 5. The Hall–Kier alpha value is -2.93. The summed E-state index contributed by atoms with van der Waals surface area (Å²) in [5, 5.41) is 7.76. The minimum absolute atomic E-state index is 0.234. The van der Waals surface area contributed by atoms with Crippen molar-refractivity contribution in [3.8, 4) is 5.82 Å². The van der Waals surface area contributed by atoms with Gasteiger partial charge in [-0.1, -0.05) is 30.3 Å². The predicted molar refractivity (Wildman–Crippen MR) is 97.4 cm³/mol. The number of anilines is 2. The number of hydrogen-bond donors (Lipinski definition) is 2. The van der Waals surface area contributed by atoms with Crippen LogP contribution in [0.2, 0.25) is 0 Å². The molecule has 0 saturated carbocycles. The van der Waals surface area contributed by atoms with E-state index in [1.54, 1.807) is 10.9 Å². The Kier molecular flexibility index (Phi) is 4.07. The molecule has 1 aliphatic rings. The molecule has 0 amide bonds. The first kappa shape index (κ1) is 15.6. The molecule has 2 aromatic heterocycles. The van der Waals surface area contributed by atoms with Crippen molar-refractivity contribution in [2.24, 2.45) is 0 Å². The van der Waals surface area contributed by atoms with E-state index in [1.165, 1.54) is 5.56 Å². The van der Waals surface area contributed by atoms with E-state index in [0.717, 1.165) is 18.8 Å². The van der Waals surface area contributed by atoms with Crippen LogP contribution in [0.15, 0.2) is 54.9 Å². The lowest BCUT2D eigenvalue weighted by molar-refractivity contribution is 0.309. The average Bonchev–Trinajstić information content (AvgIpc) is 3.26. The third-order valence-corrected chi connectivity index (χ3v) is 4.59. The molecule has 3 aromatic rings. The third-order valence-electron chi connectivity index (χ3n) is 4.59. The Bertz CT molecular complexity index is 832. The van der Waals surface area contributed by atoms with Gasteiger partial charge in [-0.3, -0.25) is 4.90 Å². The highest BCUT2D eigenvalue weighted by molar-refractivity contribution is 5.47. The minimum Gasteiger partial charge on any atom is -0.368 e. The largest absolute Gasteiger partial charge is 0.368 e. The van der Waals surface area contributed by atoms with Gasteiger partial charge in [0.15, 0.2) is 5.82 Å². The number of nitrogens with two attached hydrogens (primary N) is 1. The fraction of sp³-hybridized carbons (Fsp3) is 0.278. The molecule has 2 atom stereocenters. The van der Waals surface area contributed by atoms with E-state index >= 15 is 0 Å². The highest BCUT2D eigenvalue weighted by Gasteiger charge is 2.33. The highest BCUT2D eigenvalue weighted by atomic mass is 15.3. The van der Waals surface area contributed by atoms with Gasteiger partial charge in [-0.25, -0.2) is 4.68 Å². The maximum atomic E-state index is 5.90. The highest BCUT2D eigenvalue weighted by Crippen LogP contribution is 2.32. The fourth-order valence-electron chi connectivity index (χ4n) is 3.47. The molecule has 3 N–H and O–H groups in total. The summed E-state index contributed by atoms with van der Waals surface area (Å²) >= 11 is 0. The first-order valence-corrected chi connectivity index (χ1v) is 8.37. The van der Waals surface area contributed by atoms with Gasteiger partial charge < -0.3 is 11.1 Å². The van der Waals surface area contributed by atoms with E-state index in [-0.39, 0.29) is 12.0 Å². The Morgan fingerprint density at radius 1 is 1.16 bits per heavy atom. The van der Waals surface area contributed by atoms with Crippen LogP contribution in [0, 0.1) is 0 Å². The molecule has 1 fully saturated rings. The van der Waals surface area contributed by atoms with Gasteiger partial charge in [0.2, 0.25) is 5.95 Å². The number of likely N-dealkylation sites (N-methyl/N-ethyl adjacent to an activating group) is 1. The van der Waals surface area contributed by atoms with Crippen molar-refractivity contribution >= 4 is 11.8 Å². The SMILES string of the molecule is CN1CCC(Nc2cc(-n3cccn3)nc(N)n2)C1c1ccccc1. The van der Waals surface area contributed by atoms with E-state index in [0.29, 0.717) is 11.9 Å². The summed E-state index contributed by atoms with van der Waals surface area (Å²) in [7, 11) is 2.16. The van der Waals surface area contributed by atoms with Gasteiger partial charge in [-0.15, -0.1) is 0 Å². The zero-order valence-electron chi connectivity index (χ0n) is 14.1. The molecule has 2 unspecified atom stereocenters. The lowest BCUT2D eigenvalue weighted by atomic mass is 10.0. The van der Waals surface area contributed by atoms with Crippen molar-refractivity contribution < 1.29 is 0 Å². The molecule has 7 nitrogen and oxygen atoms in total. The van der Waals surface area contributed by atoms with Crippen LogP contribution in [-0.2, 0) is 0 Å². The normalized spacial score (nSPS) is 20.7. The van der Waals surface area contributed by atoms with Gasteiger partial charge in [0.25, 0.3) is 0 Å². The van der Waals surface area contributed by atoms with E-state index in [2.05, 4.69) is 56.6 Å². The second kappa shape index (κ2) is 6.52. The number of rotatable bonds is 4. The average molecular weight is 335 g/mol. The molecule has 1 saturated heterocycles. The summed E-state index contributed by atoms with van der Waals surface area (Å²) in [6.07, 6.45) is 4.58. The summed E-state index contributed by atoms with van der Waals surface area (Å²) < 4.78 is 1.68. The monoisotopic (exact) mass is 335 g/mol. The molecule has 0 spiro atoms. The summed E-state index contributed by atoms with van der Waals surface area (Å²) in [6.45, 7) is 1.03. The standard InChI is InChI=1S/C18H21N7/c1-24-11-8-14(17(24)13-6-3-2-4-7-13)21-15-12-16(23-18(19)22-15)25-10-5-9-20-25/h2-7,9-10,12,14,17H,8,11H2,1H3,(H3,19,21,22,23). The van der Waals surface area contributed by atoms with Crippen molar-refractivity contribution in [2.75, 3.05) is 24.6 Å². The second-order valence-corrected chi connectivity index (χ2v) is 6.30. The number of aromatic nitrogens is 4. The van der Waals surface area contributed by atoms with Gasteiger partial charge in [-0.05, 0) is 25.1 Å². The van der Waals surface area contributed by atoms with Crippen molar-refractivity contribution in [1.82, 2.24) is 24.6 Å². The van der Waals surface area contributed by atoms with Crippen molar-refractivity contribution in [2.45, 2.75) is 18.5 Å². The van der Waals surface area contributed by atoms with Crippen LogP contribution in [-0.4, -0.2) is 44.3 Å². The minimum atomic E-state index is 0.234. The molecule has 1 aromatic carbocycles. The van der Waals surface area contributed by atoms with Crippen LogP contribution in [0.3, 0.4) is 0 Å². The van der Waals surface area contributed by atoms with Crippen molar-refractivity contribution in [3.05, 3.63) is 60.4 Å². The van der Waals surface area contributed by atoms with E-state index in [9.17, 15) is 0 Å². The first-order valence-electron chi connectivity index (χ1n) is 8.37. The lowest BCUT2D eigenvalue weighted by Crippen LogP contribution is -2.29. The number of nitrogen functional groups attached to an aromatic ring is 1. The lowest BCUT2D eigenvalue weighted by Gasteiger charge is -2.26. The van der Waals surface area contributed by atoms with Gasteiger partial charge in [0, 0.05) is 31.0 Å². The number of hydrogen-bond acceptors (Lipinski definition) is 6. The van der Waals surface area contributed by atoms with Crippen LogP contribution >= 0.6 is 0 Å². The number of benzene rings is 1. The van der Waals surface area contributed by atoms with Crippen LogP contribution in [0.25, 0.3) is 5.82 Å². The summed E-state index contributed by atoms with van der Waals surface area (Å²) in [5.41, 5.74) is 7.20. The van der Waals surface area contributed by atoms with E-state index < -0.39 is 0 Å². The Labute approximate surface area is 146 Å². The molecular weight excluding hydrogens is 314 g/mol. The molecular formula is C18H21N7. The van der Waals surface area contributed by atoms with Crippen LogP contribution in [0.5, 0.6) is 0 Å². The van der Waals surface area contributed by atoms with Crippen molar-refractivity contribution in [1.29, 1.82) is 0 Å². The summed E-state index contributed by atoms with van der Waals surface area (Å²) in [6, 6.07) is 14.8. The Balaban J connectivity index is 1.61. The zero-order valence-corrected chi connectivity index (χ0v) is 14.1. The molecule has 0 bridgehead atoms. The topological polar surface area (TPSA) is 84.9 Å². The van der Waals surface area contributed by atoms with E-state index in [1.807, 2.05) is 24.4 Å². The molecule has 128 valence electrons. The van der Waals surface area contributed by atoms with Gasteiger partial charge >= 0.3 is 0 Å². The molecule has 4 rings (SSSR count). The molecule has 7 heteroatoms. The summed E-state index contributed by atoms with van der Waals surface area (Å²) in [5.74, 6) is 1.61. The van der Waals surface area contributed by atoms with E-state index in [4.69, 9.17) is 5.73 Å². The summed E-state index contributed by atoms with van der Waals surface area (Å²) in [4.78, 5) is 11.0. The molecule has 25 heavy (non-hydrogen) atoms. The van der Waals surface area contributed by atoms with Crippen LogP contribution in [0.4, 0.5) is 11.8 Å². The maximum absolute atomic E-state index is 5.90. The second-order valence-electron chi connectivity index (χ2n) is 6.30. The fourth-order valence-corrected chi connectivity index (χ4v) is 3.47. The molecule has 1 aliphatic heterocycles. The first-order chi connectivity index (χ1) is 12.2. The molecule has 0 aliphatic carbocycles. The molecule has 0 radical (unpaired) electrons. The zero-order chi connectivity index (χ0) is 17.2. The smallest absolute Gasteiger partial charge is 0.224 e. The van der Waals surface area contributed by atoms with Gasteiger partial charge in [0.1, 0.15) is 5.82 Å². The Morgan fingerprint density at radius 2 is 2.00 bits per heavy atom. The number of nitrogens with one attached hydrogen (secondary N) is 1. The predicted octanol–water partition coefficient (Wildman–Crippen LogP) is 2.10. The van der Waals surface area contributed by atoms with Crippen LogP contribution in [0.1, 0.15) is 18.0 Å². The van der Waals surface area contributed by atoms with Gasteiger partial charge in [-0.2, -0.15) is 15.1 Å². The van der Waals surface area contributed by atoms with Crippen molar-refractivity contribution in [3.63, 3.8) is 0 Å². The third kappa shape index (κ3) is 3.18. The molecule has 3 heterocycles. The van der Waals surface area contributed by atoms with Crippen LogP contribution < -0.4 is 11.1 Å². The quantitative estimate of drug-likeness (QED) is 0.759. The Morgan fingerprint density at radius 3 is 2.76 bits per heavy atom.